The van der Waals surface area contributed by atoms with Crippen LogP contribution in [0.3, 0.4) is 0 Å². The van der Waals surface area contributed by atoms with Gasteiger partial charge in [-0.05, 0) is 0 Å². The fourth-order valence-electron chi connectivity index (χ4n) is 1.73. The van der Waals surface area contributed by atoms with Crippen molar-refractivity contribution in [2.24, 2.45) is 0 Å². The highest BCUT2D eigenvalue weighted by molar-refractivity contribution is 6.23. The van der Waals surface area contributed by atoms with Gasteiger partial charge in [-0.3, -0.25) is 4.79 Å². The van der Waals surface area contributed by atoms with Gasteiger partial charge in [0, 0.05) is 18.4 Å². The van der Waals surface area contributed by atoms with Crippen LogP contribution >= 0.6 is 23.2 Å². The number of benzene rings is 1. The fourth-order valence-corrected chi connectivity index (χ4v) is 2.20. The number of carbonyl (C=O) groups excluding carboxylic acids is 1. The quantitative estimate of drug-likeness (QED) is 0.630. The van der Waals surface area contributed by atoms with E-state index >= 15 is 0 Å². The zero-order valence-corrected chi connectivity index (χ0v) is 11.2. The van der Waals surface area contributed by atoms with Gasteiger partial charge in [-0.25, -0.2) is 0 Å². The van der Waals surface area contributed by atoms with E-state index in [0.29, 0.717) is 18.6 Å². The van der Waals surface area contributed by atoms with Gasteiger partial charge in [0.25, 0.3) is 0 Å². The van der Waals surface area contributed by atoms with Crippen LogP contribution in [0.2, 0.25) is 0 Å². The van der Waals surface area contributed by atoms with Crippen molar-refractivity contribution in [2.75, 3.05) is 6.61 Å². The van der Waals surface area contributed by atoms with E-state index in [0.717, 1.165) is 0 Å². The number of ether oxygens (including phenoxy) is 2. The van der Waals surface area contributed by atoms with Gasteiger partial charge >= 0.3 is 0 Å². The van der Waals surface area contributed by atoms with Gasteiger partial charge in [-0.15, -0.1) is 11.6 Å². The van der Waals surface area contributed by atoms with Gasteiger partial charge in [0.2, 0.25) is 0 Å². The van der Waals surface area contributed by atoms with Crippen LogP contribution in [0.25, 0.3) is 0 Å². The Kier molecular flexibility index (Phi) is 5.01. The highest BCUT2D eigenvalue weighted by atomic mass is 35.5. The number of hydrogen-bond acceptors (Lipinski definition) is 3. The van der Waals surface area contributed by atoms with E-state index < -0.39 is 17.2 Å². The molecule has 0 amide bonds. The molecule has 0 aromatic heterocycles. The van der Waals surface area contributed by atoms with Crippen LogP contribution in [0.5, 0.6) is 0 Å². The molecule has 0 spiro atoms. The predicted octanol–water partition coefficient (Wildman–Crippen LogP) is 3.19. The van der Waals surface area contributed by atoms with E-state index in [1.807, 2.05) is 18.2 Å². The predicted molar refractivity (Wildman–Crippen MR) is 70.1 cm³/mol. The Labute approximate surface area is 116 Å². The molecule has 0 bridgehead atoms. The van der Waals surface area contributed by atoms with Crippen LogP contribution in [0, 0.1) is 0 Å². The lowest BCUT2D eigenvalue weighted by molar-refractivity contribution is -0.190. The lowest BCUT2D eigenvalue weighted by atomic mass is 10.1. The van der Waals surface area contributed by atoms with Crippen molar-refractivity contribution in [3.8, 4) is 0 Å². The van der Waals surface area contributed by atoms with Gasteiger partial charge < -0.3 is 9.47 Å². The Morgan fingerprint density at radius 3 is 2.78 bits per heavy atom. The van der Waals surface area contributed by atoms with Crippen molar-refractivity contribution in [1.82, 2.24) is 0 Å². The third kappa shape index (κ3) is 3.69. The van der Waals surface area contributed by atoms with Crippen molar-refractivity contribution in [3.63, 3.8) is 0 Å². The summed E-state index contributed by atoms with van der Waals surface area (Å²) in [6, 6.07) is 9.02. The fraction of sp³-hybridized carbons (Fsp3) is 0.462. The normalized spacial score (nSPS) is 25.7. The Hall–Kier alpha value is -0.610. The summed E-state index contributed by atoms with van der Waals surface area (Å²) in [4.78, 5) is 12.0. The molecule has 1 fully saturated rings. The summed E-state index contributed by atoms with van der Waals surface area (Å²) < 4.78 is 10.7. The molecule has 3 atom stereocenters. The summed E-state index contributed by atoms with van der Waals surface area (Å²) in [5.74, 6) is -0.0282. The molecule has 0 aliphatic carbocycles. The Bertz CT molecular complexity index is 396. The minimum atomic E-state index is -0.615. The molecular formula is C13H14Cl2O3. The monoisotopic (exact) mass is 288 g/mol. The zero-order chi connectivity index (χ0) is 13.0. The maximum absolute atomic E-state index is 12.0. The SMILES string of the molecule is O=C(CC(Cl)C1OCCC(Cl)O1)c1ccccc1. The van der Waals surface area contributed by atoms with E-state index in [2.05, 4.69) is 0 Å². The summed E-state index contributed by atoms with van der Waals surface area (Å²) in [7, 11) is 0. The number of alkyl halides is 2. The highest BCUT2D eigenvalue weighted by Gasteiger charge is 2.29. The van der Waals surface area contributed by atoms with E-state index in [-0.39, 0.29) is 12.2 Å². The first-order valence-corrected chi connectivity index (χ1v) is 6.67. The second kappa shape index (κ2) is 6.53. The Morgan fingerprint density at radius 1 is 1.39 bits per heavy atom. The third-order valence-corrected chi connectivity index (χ3v) is 3.36. The average molecular weight is 289 g/mol. The molecule has 1 aliphatic heterocycles. The minimum absolute atomic E-state index is 0.0282. The average Bonchev–Trinajstić information content (AvgIpc) is 2.39. The molecule has 18 heavy (non-hydrogen) atoms. The van der Waals surface area contributed by atoms with Crippen LogP contribution in [-0.2, 0) is 9.47 Å². The maximum Gasteiger partial charge on any atom is 0.176 e. The van der Waals surface area contributed by atoms with Crippen LogP contribution < -0.4 is 0 Å². The molecule has 5 heteroatoms. The summed E-state index contributed by atoms with van der Waals surface area (Å²) in [5.41, 5.74) is 0.248. The summed E-state index contributed by atoms with van der Waals surface area (Å²) in [5, 5.41) is -0.528. The molecule has 1 aromatic carbocycles. The standard InChI is InChI=1S/C13H14Cl2O3/c14-10(13-17-7-6-12(15)18-13)8-11(16)9-4-2-1-3-5-9/h1-5,10,12-13H,6-8H2. The number of ketones is 1. The van der Waals surface area contributed by atoms with E-state index in [4.69, 9.17) is 32.7 Å². The second-order valence-electron chi connectivity index (χ2n) is 4.08. The molecule has 3 unspecified atom stereocenters. The van der Waals surface area contributed by atoms with Gasteiger partial charge in [0.15, 0.2) is 12.1 Å². The molecular weight excluding hydrogens is 275 g/mol. The maximum atomic E-state index is 12.0. The number of hydrogen-bond donors (Lipinski definition) is 0. The van der Waals surface area contributed by atoms with E-state index in [1.54, 1.807) is 12.1 Å². The van der Waals surface area contributed by atoms with Crippen molar-refractivity contribution in [3.05, 3.63) is 35.9 Å². The molecule has 98 valence electrons. The van der Waals surface area contributed by atoms with Gasteiger partial charge in [-0.2, -0.15) is 0 Å². The summed E-state index contributed by atoms with van der Waals surface area (Å²) in [6.07, 6.45) is 0.185. The number of rotatable bonds is 4. The third-order valence-electron chi connectivity index (χ3n) is 2.68. The molecule has 0 saturated carbocycles. The lowest BCUT2D eigenvalue weighted by Gasteiger charge is -2.29. The van der Waals surface area contributed by atoms with Crippen molar-refractivity contribution < 1.29 is 14.3 Å². The van der Waals surface area contributed by atoms with Gasteiger partial charge in [0.1, 0.15) is 5.56 Å². The minimum Gasteiger partial charge on any atom is -0.351 e. The van der Waals surface area contributed by atoms with Crippen LogP contribution in [-0.4, -0.2) is 29.6 Å². The van der Waals surface area contributed by atoms with E-state index in [1.165, 1.54) is 0 Å². The van der Waals surface area contributed by atoms with Crippen LogP contribution in [0.1, 0.15) is 23.2 Å². The molecule has 1 saturated heterocycles. The second-order valence-corrected chi connectivity index (χ2v) is 5.13. The number of halogens is 2. The molecule has 3 nitrogen and oxygen atoms in total. The molecule has 2 rings (SSSR count). The summed E-state index contributed by atoms with van der Waals surface area (Å²) >= 11 is 12.0. The smallest absolute Gasteiger partial charge is 0.176 e. The first kappa shape index (κ1) is 13.8. The van der Waals surface area contributed by atoms with E-state index in [9.17, 15) is 4.79 Å². The van der Waals surface area contributed by atoms with Crippen molar-refractivity contribution in [1.29, 1.82) is 0 Å². The largest absolute Gasteiger partial charge is 0.351 e. The molecule has 1 aliphatic rings. The zero-order valence-electron chi connectivity index (χ0n) is 9.72. The Balaban J connectivity index is 1.91. The first-order valence-electron chi connectivity index (χ1n) is 5.80. The van der Waals surface area contributed by atoms with Crippen molar-refractivity contribution in [2.45, 2.75) is 30.1 Å². The molecule has 1 aromatic rings. The number of Topliss-reactive ketones (excluding diaryl/α,β-unsaturated/α-hetero) is 1. The molecule has 0 N–H and O–H groups in total. The highest BCUT2D eigenvalue weighted by Crippen LogP contribution is 2.23. The molecule has 0 radical (unpaired) electrons. The van der Waals surface area contributed by atoms with Gasteiger partial charge in [-0.1, -0.05) is 41.9 Å². The lowest BCUT2D eigenvalue weighted by Crippen LogP contribution is -2.37. The molecule has 1 heterocycles. The van der Waals surface area contributed by atoms with Crippen molar-refractivity contribution >= 4 is 29.0 Å². The van der Waals surface area contributed by atoms with Gasteiger partial charge in [0.05, 0.1) is 12.0 Å². The number of carbonyl (C=O) groups is 1. The summed E-state index contributed by atoms with van der Waals surface area (Å²) in [6.45, 7) is 0.502. The van der Waals surface area contributed by atoms with Crippen LogP contribution in [0.4, 0.5) is 0 Å². The Morgan fingerprint density at radius 2 is 2.11 bits per heavy atom. The topological polar surface area (TPSA) is 35.5 Å². The van der Waals surface area contributed by atoms with Crippen LogP contribution in [0.15, 0.2) is 30.3 Å². The first-order chi connectivity index (χ1) is 8.66.